The highest BCUT2D eigenvalue weighted by Gasteiger charge is 2.25. The summed E-state index contributed by atoms with van der Waals surface area (Å²) in [5, 5.41) is 0. The zero-order valence-corrected chi connectivity index (χ0v) is 7.76. The average molecular weight is 172 g/mol. The summed E-state index contributed by atoms with van der Waals surface area (Å²) >= 11 is 0. The molecule has 0 spiro atoms. The summed E-state index contributed by atoms with van der Waals surface area (Å²) in [7, 11) is 0. The molecule has 0 saturated carbocycles. The number of hydrogen-bond acceptors (Lipinski definition) is 1. The molecule has 0 fully saturated rings. The molecule has 0 saturated heterocycles. The molecular formula is C12H12O. The molecule has 0 N–H and O–H groups in total. The van der Waals surface area contributed by atoms with Crippen LogP contribution in [-0.2, 0) is 4.79 Å². The Balaban J connectivity index is 3.27. The number of carbonyl (C=O) groups is 1. The van der Waals surface area contributed by atoms with E-state index in [2.05, 4.69) is 19.7 Å². The molecule has 66 valence electrons. The maximum absolute atomic E-state index is 11.6. The topological polar surface area (TPSA) is 17.1 Å². The molecule has 0 heterocycles. The van der Waals surface area contributed by atoms with E-state index in [0.717, 1.165) is 11.1 Å². The molecule has 0 radical (unpaired) electrons. The van der Waals surface area contributed by atoms with Crippen LogP contribution in [0.4, 0.5) is 0 Å². The normalized spacial score (nSPS) is 19.9. The molecule has 0 aromatic carbocycles. The zero-order valence-electron chi connectivity index (χ0n) is 7.76. The fourth-order valence-corrected chi connectivity index (χ4v) is 1.36. The SMILES string of the molecule is C=C/C=C1\C(=C)C(C)=C(C=C)C1=O. The molecule has 0 bridgehead atoms. The van der Waals surface area contributed by atoms with Gasteiger partial charge in [-0.05, 0) is 18.1 Å². The third kappa shape index (κ3) is 1.33. The van der Waals surface area contributed by atoms with E-state index in [1.165, 1.54) is 0 Å². The van der Waals surface area contributed by atoms with E-state index in [9.17, 15) is 4.79 Å². The van der Waals surface area contributed by atoms with E-state index in [-0.39, 0.29) is 5.78 Å². The molecule has 0 aliphatic heterocycles. The van der Waals surface area contributed by atoms with Crippen LogP contribution in [0.25, 0.3) is 0 Å². The molecule has 13 heavy (non-hydrogen) atoms. The highest BCUT2D eigenvalue weighted by Crippen LogP contribution is 2.32. The first-order chi connectivity index (χ1) is 6.13. The Morgan fingerprint density at radius 3 is 2.31 bits per heavy atom. The van der Waals surface area contributed by atoms with Gasteiger partial charge in [-0.25, -0.2) is 0 Å². The zero-order chi connectivity index (χ0) is 10.0. The minimum atomic E-state index is -0.00241. The second-order valence-electron chi connectivity index (χ2n) is 2.87. The number of rotatable bonds is 2. The summed E-state index contributed by atoms with van der Waals surface area (Å²) in [5.41, 5.74) is 2.97. The standard InChI is InChI=1S/C12H12O/c1-5-7-11-9(4)8(3)10(6-2)12(11)13/h5-7H,1-2,4H2,3H3/b11-7+. The Morgan fingerprint density at radius 2 is 1.92 bits per heavy atom. The third-order valence-corrected chi connectivity index (χ3v) is 2.16. The summed E-state index contributed by atoms with van der Waals surface area (Å²) in [4.78, 5) is 11.6. The van der Waals surface area contributed by atoms with Gasteiger partial charge in [-0.15, -0.1) is 0 Å². The van der Waals surface area contributed by atoms with Crippen molar-refractivity contribution in [2.45, 2.75) is 6.92 Å². The molecule has 0 aromatic heterocycles. The Morgan fingerprint density at radius 1 is 1.31 bits per heavy atom. The third-order valence-electron chi connectivity index (χ3n) is 2.16. The number of hydrogen-bond donors (Lipinski definition) is 0. The smallest absolute Gasteiger partial charge is 0.193 e. The number of ketones is 1. The van der Waals surface area contributed by atoms with Crippen LogP contribution in [0.15, 0.2) is 60.3 Å². The molecule has 1 aliphatic carbocycles. The van der Waals surface area contributed by atoms with Crippen molar-refractivity contribution in [3.63, 3.8) is 0 Å². The maximum atomic E-state index is 11.6. The van der Waals surface area contributed by atoms with Gasteiger partial charge in [0, 0.05) is 11.1 Å². The fraction of sp³-hybridized carbons (Fsp3) is 0.0833. The van der Waals surface area contributed by atoms with Gasteiger partial charge in [0.25, 0.3) is 0 Å². The Labute approximate surface area is 78.5 Å². The van der Waals surface area contributed by atoms with Crippen molar-refractivity contribution in [3.05, 3.63) is 60.3 Å². The van der Waals surface area contributed by atoms with E-state index < -0.39 is 0 Å². The van der Waals surface area contributed by atoms with Crippen molar-refractivity contribution in [2.24, 2.45) is 0 Å². The van der Waals surface area contributed by atoms with Gasteiger partial charge < -0.3 is 0 Å². The van der Waals surface area contributed by atoms with Crippen LogP contribution >= 0.6 is 0 Å². The summed E-state index contributed by atoms with van der Waals surface area (Å²) < 4.78 is 0. The minimum Gasteiger partial charge on any atom is -0.289 e. The van der Waals surface area contributed by atoms with Crippen LogP contribution in [0.2, 0.25) is 0 Å². The Kier molecular flexibility index (Phi) is 2.47. The molecule has 0 atom stereocenters. The van der Waals surface area contributed by atoms with Crippen molar-refractivity contribution >= 4 is 5.78 Å². The van der Waals surface area contributed by atoms with Gasteiger partial charge in [0.1, 0.15) is 0 Å². The number of Topliss-reactive ketones (excluding diaryl/α,β-unsaturated/α-hetero) is 1. The second-order valence-corrected chi connectivity index (χ2v) is 2.87. The summed E-state index contributed by atoms with van der Waals surface area (Å²) in [6.45, 7) is 12.9. The van der Waals surface area contributed by atoms with Crippen molar-refractivity contribution in [1.29, 1.82) is 0 Å². The maximum Gasteiger partial charge on any atom is 0.193 e. The lowest BCUT2D eigenvalue weighted by molar-refractivity contribution is -0.111. The van der Waals surface area contributed by atoms with Gasteiger partial charge in [-0.1, -0.05) is 38.0 Å². The fourth-order valence-electron chi connectivity index (χ4n) is 1.36. The minimum absolute atomic E-state index is 0.00241. The van der Waals surface area contributed by atoms with E-state index in [4.69, 9.17) is 0 Å². The lowest BCUT2D eigenvalue weighted by Gasteiger charge is -1.95. The molecular weight excluding hydrogens is 160 g/mol. The number of allylic oxidation sites excluding steroid dienone is 7. The molecule has 0 aromatic rings. The van der Waals surface area contributed by atoms with Crippen LogP contribution in [-0.4, -0.2) is 5.78 Å². The highest BCUT2D eigenvalue weighted by molar-refractivity contribution is 6.18. The van der Waals surface area contributed by atoms with Gasteiger partial charge in [0.05, 0.1) is 0 Å². The first-order valence-corrected chi connectivity index (χ1v) is 4.03. The van der Waals surface area contributed by atoms with E-state index >= 15 is 0 Å². The monoisotopic (exact) mass is 172 g/mol. The van der Waals surface area contributed by atoms with Crippen LogP contribution in [0.3, 0.4) is 0 Å². The second kappa shape index (κ2) is 3.40. The van der Waals surface area contributed by atoms with Crippen molar-refractivity contribution < 1.29 is 4.79 Å². The Bertz CT molecular complexity index is 365. The van der Waals surface area contributed by atoms with E-state index in [1.54, 1.807) is 18.2 Å². The van der Waals surface area contributed by atoms with Gasteiger partial charge in [-0.2, -0.15) is 0 Å². The molecule has 1 heteroatoms. The molecule has 1 aliphatic rings. The van der Waals surface area contributed by atoms with Gasteiger partial charge in [0.15, 0.2) is 5.78 Å². The first kappa shape index (κ1) is 9.46. The Hall–Kier alpha value is -1.63. The largest absolute Gasteiger partial charge is 0.289 e. The predicted molar refractivity (Wildman–Crippen MR) is 55.3 cm³/mol. The molecule has 0 unspecified atom stereocenters. The lowest BCUT2D eigenvalue weighted by Crippen LogP contribution is -1.97. The van der Waals surface area contributed by atoms with E-state index in [0.29, 0.717) is 11.1 Å². The van der Waals surface area contributed by atoms with Gasteiger partial charge in [-0.3, -0.25) is 4.79 Å². The molecule has 1 nitrogen and oxygen atoms in total. The summed E-state index contributed by atoms with van der Waals surface area (Å²) in [6, 6.07) is 0. The highest BCUT2D eigenvalue weighted by atomic mass is 16.1. The van der Waals surface area contributed by atoms with Gasteiger partial charge >= 0.3 is 0 Å². The molecule has 0 amide bonds. The first-order valence-electron chi connectivity index (χ1n) is 4.03. The summed E-state index contributed by atoms with van der Waals surface area (Å²) in [5.74, 6) is -0.00241. The van der Waals surface area contributed by atoms with Crippen LogP contribution < -0.4 is 0 Å². The van der Waals surface area contributed by atoms with Crippen LogP contribution in [0, 0.1) is 0 Å². The lowest BCUT2D eigenvalue weighted by atomic mass is 10.1. The van der Waals surface area contributed by atoms with Crippen molar-refractivity contribution in [3.8, 4) is 0 Å². The number of carbonyl (C=O) groups excluding carboxylic acids is 1. The quantitative estimate of drug-likeness (QED) is 0.585. The van der Waals surface area contributed by atoms with E-state index in [1.807, 2.05) is 6.92 Å². The van der Waals surface area contributed by atoms with Crippen molar-refractivity contribution in [1.82, 2.24) is 0 Å². The van der Waals surface area contributed by atoms with Crippen LogP contribution in [0.5, 0.6) is 0 Å². The molecule has 1 rings (SSSR count). The predicted octanol–water partition coefficient (Wildman–Crippen LogP) is 2.74. The van der Waals surface area contributed by atoms with Gasteiger partial charge in [0.2, 0.25) is 0 Å². The van der Waals surface area contributed by atoms with Crippen molar-refractivity contribution in [2.75, 3.05) is 0 Å². The summed E-state index contributed by atoms with van der Waals surface area (Å²) in [6.07, 6.45) is 4.86. The van der Waals surface area contributed by atoms with Crippen LogP contribution in [0.1, 0.15) is 6.92 Å². The average Bonchev–Trinajstić information content (AvgIpc) is 2.31.